The van der Waals surface area contributed by atoms with Crippen molar-refractivity contribution in [2.45, 2.75) is 64.2 Å². The Kier molecular flexibility index (Phi) is 5.31. The van der Waals surface area contributed by atoms with Crippen molar-refractivity contribution in [1.82, 2.24) is 25.0 Å². The molecule has 4 rings (SSSR count). The molecule has 0 unspecified atom stereocenters. The fourth-order valence-electron chi connectivity index (χ4n) is 4.95. The molecule has 4 amide bonds. The highest BCUT2D eigenvalue weighted by molar-refractivity contribution is 6.00. The van der Waals surface area contributed by atoms with E-state index in [1.807, 2.05) is 20.8 Å². The van der Waals surface area contributed by atoms with Gasteiger partial charge in [0.1, 0.15) is 17.8 Å². The molecule has 4 atom stereocenters. The second kappa shape index (κ2) is 7.69. The second-order valence-electron chi connectivity index (χ2n) is 10.1. The van der Waals surface area contributed by atoms with Crippen LogP contribution in [0.3, 0.4) is 0 Å². The quantitative estimate of drug-likeness (QED) is 0.719. The van der Waals surface area contributed by atoms with Gasteiger partial charge >= 0.3 is 0 Å². The predicted octanol–water partition coefficient (Wildman–Crippen LogP) is 0.260. The molecule has 9 nitrogen and oxygen atoms in total. The maximum absolute atomic E-state index is 13.5. The molecule has 0 saturated carbocycles. The van der Waals surface area contributed by atoms with E-state index >= 15 is 0 Å². The Morgan fingerprint density at radius 3 is 2.65 bits per heavy atom. The summed E-state index contributed by atoms with van der Waals surface area (Å²) in [5.41, 5.74) is 0.365. The van der Waals surface area contributed by atoms with Crippen molar-refractivity contribution >= 4 is 23.6 Å². The van der Waals surface area contributed by atoms with Crippen LogP contribution in [0.25, 0.3) is 0 Å². The van der Waals surface area contributed by atoms with Gasteiger partial charge in [-0.25, -0.2) is 0 Å². The Morgan fingerprint density at radius 1 is 1.26 bits per heavy atom. The zero-order valence-corrected chi connectivity index (χ0v) is 18.6. The Morgan fingerprint density at radius 2 is 2.00 bits per heavy atom. The molecular formula is C22H31N5O4. The zero-order valence-electron chi connectivity index (χ0n) is 18.6. The lowest BCUT2D eigenvalue weighted by Gasteiger charge is -2.29. The molecule has 168 valence electrons. The first kappa shape index (κ1) is 21.4. The van der Waals surface area contributed by atoms with Crippen LogP contribution in [0.15, 0.2) is 18.3 Å². The van der Waals surface area contributed by atoms with Gasteiger partial charge < -0.3 is 25.0 Å². The monoisotopic (exact) mass is 429 g/mol. The maximum atomic E-state index is 13.5. The summed E-state index contributed by atoms with van der Waals surface area (Å²) in [4.78, 5) is 55.0. The van der Waals surface area contributed by atoms with Gasteiger partial charge in [-0.05, 0) is 30.4 Å². The van der Waals surface area contributed by atoms with E-state index in [0.717, 1.165) is 0 Å². The highest BCUT2D eigenvalue weighted by Gasteiger charge is 2.52. The molecule has 3 aliphatic heterocycles. The summed E-state index contributed by atoms with van der Waals surface area (Å²) in [5, 5.41) is 5.96. The van der Waals surface area contributed by atoms with E-state index in [2.05, 4.69) is 10.6 Å². The summed E-state index contributed by atoms with van der Waals surface area (Å²) < 4.78 is 1.73. The summed E-state index contributed by atoms with van der Waals surface area (Å²) in [5.74, 6) is -0.722. The number of carbonyl (C=O) groups excluding carboxylic acids is 4. The molecule has 0 radical (unpaired) electrons. The summed E-state index contributed by atoms with van der Waals surface area (Å²) >= 11 is 0. The number of rotatable bonds is 3. The van der Waals surface area contributed by atoms with Crippen LogP contribution in [-0.4, -0.2) is 75.3 Å². The number of nitrogens with zero attached hydrogens (tertiary/aromatic N) is 3. The Hall–Kier alpha value is -2.84. The van der Waals surface area contributed by atoms with E-state index < -0.39 is 12.1 Å². The normalized spacial score (nSPS) is 28.1. The molecule has 3 aliphatic rings. The minimum atomic E-state index is -0.722. The van der Waals surface area contributed by atoms with Gasteiger partial charge in [0.15, 0.2) is 0 Å². The average Bonchev–Trinajstić information content (AvgIpc) is 3.36. The van der Waals surface area contributed by atoms with Gasteiger partial charge in [-0.3, -0.25) is 19.2 Å². The first-order valence-electron chi connectivity index (χ1n) is 10.9. The van der Waals surface area contributed by atoms with Crippen LogP contribution in [0.5, 0.6) is 0 Å². The standard InChI is InChI=1S/C22H31N5O4/c1-22(2,3)11-17(28)23-13-10-16-19(29)24-14-7-9-26(18(14)21(31)27(16)12-13)20(30)15-6-5-8-25(15)4/h5-6,8,13-14,16,18H,7,9-12H2,1-4H3,(H,23,28)(H,24,29)/t13-,14-,16+,18-/m0/s1. The highest BCUT2D eigenvalue weighted by atomic mass is 16.2. The van der Waals surface area contributed by atoms with Gasteiger partial charge in [0.05, 0.1) is 6.04 Å². The molecule has 0 spiro atoms. The minimum Gasteiger partial charge on any atom is -0.351 e. The third kappa shape index (κ3) is 4.05. The Balaban J connectivity index is 1.51. The van der Waals surface area contributed by atoms with Gasteiger partial charge in [-0.1, -0.05) is 20.8 Å². The van der Waals surface area contributed by atoms with Crippen molar-refractivity contribution < 1.29 is 19.2 Å². The van der Waals surface area contributed by atoms with Crippen molar-refractivity contribution in [2.24, 2.45) is 12.5 Å². The molecule has 31 heavy (non-hydrogen) atoms. The van der Waals surface area contributed by atoms with E-state index in [4.69, 9.17) is 0 Å². The average molecular weight is 430 g/mol. The molecule has 1 aromatic heterocycles. The number of aryl methyl sites for hydroxylation is 1. The van der Waals surface area contributed by atoms with Crippen LogP contribution >= 0.6 is 0 Å². The maximum Gasteiger partial charge on any atom is 0.271 e. The first-order chi connectivity index (χ1) is 14.5. The summed E-state index contributed by atoms with van der Waals surface area (Å²) in [7, 11) is 1.79. The molecular weight excluding hydrogens is 398 g/mol. The molecule has 2 N–H and O–H groups in total. The van der Waals surface area contributed by atoms with Gasteiger partial charge in [0.25, 0.3) is 5.91 Å². The zero-order chi connectivity index (χ0) is 22.5. The molecule has 3 saturated heterocycles. The molecule has 1 aromatic rings. The lowest BCUT2D eigenvalue weighted by Crippen LogP contribution is -2.52. The van der Waals surface area contributed by atoms with Crippen molar-refractivity contribution in [2.75, 3.05) is 13.1 Å². The molecule has 3 fully saturated rings. The predicted molar refractivity (Wildman–Crippen MR) is 113 cm³/mol. The molecule has 4 heterocycles. The van der Waals surface area contributed by atoms with E-state index in [1.165, 1.54) is 0 Å². The summed E-state index contributed by atoms with van der Waals surface area (Å²) in [6, 6.07) is 1.52. The van der Waals surface area contributed by atoms with Gasteiger partial charge in [0, 0.05) is 38.8 Å². The number of fused-ring (bicyclic) bond motifs is 2. The Bertz CT molecular complexity index is 917. The molecule has 0 bridgehead atoms. The number of nitrogens with one attached hydrogen (secondary N) is 2. The molecule has 9 heteroatoms. The lowest BCUT2D eigenvalue weighted by molar-refractivity contribution is -0.138. The topological polar surface area (TPSA) is 104 Å². The smallest absolute Gasteiger partial charge is 0.271 e. The summed E-state index contributed by atoms with van der Waals surface area (Å²) in [6.45, 7) is 6.66. The highest BCUT2D eigenvalue weighted by Crippen LogP contribution is 2.30. The number of carbonyl (C=O) groups is 4. The third-order valence-corrected chi connectivity index (χ3v) is 6.35. The van der Waals surface area contributed by atoms with E-state index in [9.17, 15) is 19.2 Å². The van der Waals surface area contributed by atoms with Crippen molar-refractivity contribution in [3.8, 4) is 0 Å². The van der Waals surface area contributed by atoms with Crippen LogP contribution in [-0.2, 0) is 21.4 Å². The number of hydrogen-bond acceptors (Lipinski definition) is 4. The first-order valence-corrected chi connectivity index (χ1v) is 10.9. The summed E-state index contributed by atoms with van der Waals surface area (Å²) in [6.07, 6.45) is 3.10. The van der Waals surface area contributed by atoms with Crippen molar-refractivity contribution in [3.05, 3.63) is 24.0 Å². The number of amides is 4. The van der Waals surface area contributed by atoms with Crippen LogP contribution in [0.4, 0.5) is 0 Å². The van der Waals surface area contributed by atoms with E-state index in [0.29, 0.717) is 31.5 Å². The number of aromatic nitrogens is 1. The second-order valence-corrected chi connectivity index (χ2v) is 10.1. The SMILES string of the molecule is Cn1cccc1C(=O)N1CC[C@@H]2NC(=O)[C@H]3C[C@H](NC(=O)CC(C)(C)C)CN3C(=O)[C@H]21. The van der Waals surface area contributed by atoms with Gasteiger partial charge in [-0.15, -0.1) is 0 Å². The fraction of sp³-hybridized carbons (Fsp3) is 0.636. The third-order valence-electron chi connectivity index (χ3n) is 6.35. The molecule has 0 aliphatic carbocycles. The van der Waals surface area contributed by atoms with Crippen LogP contribution in [0.2, 0.25) is 0 Å². The Labute approximate surface area is 182 Å². The fourth-order valence-corrected chi connectivity index (χ4v) is 4.95. The van der Waals surface area contributed by atoms with Gasteiger partial charge in [-0.2, -0.15) is 0 Å². The van der Waals surface area contributed by atoms with Gasteiger partial charge in [0.2, 0.25) is 17.7 Å². The number of likely N-dealkylation sites (tertiary alicyclic amines) is 1. The van der Waals surface area contributed by atoms with E-state index in [-0.39, 0.29) is 47.7 Å². The van der Waals surface area contributed by atoms with Crippen LogP contribution in [0, 0.1) is 5.41 Å². The van der Waals surface area contributed by atoms with Crippen LogP contribution in [0.1, 0.15) is 50.5 Å². The number of hydrogen-bond donors (Lipinski definition) is 2. The minimum absolute atomic E-state index is 0.0812. The van der Waals surface area contributed by atoms with Crippen molar-refractivity contribution in [1.29, 1.82) is 0 Å². The van der Waals surface area contributed by atoms with Crippen molar-refractivity contribution in [3.63, 3.8) is 0 Å². The largest absolute Gasteiger partial charge is 0.351 e. The lowest BCUT2D eigenvalue weighted by atomic mass is 9.92. The van der Waals surface area contributed by atoms with E-state index in [1.54, 1.807) is 39.7 Å². The van der Waals surface area contributed by atoms with Crippen LogP contribution < -0.4 is 10.6 Å². The molecule has 0 aromatic carbocycles.